The average molecular weight is 394 g/mol. The molecule has 0 saturated heterocycles. The molecule has 1 amide bonds. The molecule has 3 aromatic rings. The number of anilines is 1. The summed E-state index contributed by atoms with van der Waals surface area (Å²) in [7, 11) is 0. The summed E-state index contributed by atoms with van der Waals surface area (Å²) in [5.41, 5.74) is 6.66. The summed E-state index contributed by atoms with van der Waals surface area (Å²) in [5.74, 6) is 1.15. The Morgan fingerprint density at radius 2 is 2.03 bits per heavy atom. The van der Waals surface area contributed by atoms with Crippen molar-refractivity contribution < 1.29 is 14.3 Å². The van der Waals surface area contributed by atoms with Gasteiger partial charge in [-0.15, -0.1) is 0 Å². The van der Waals surface area contributed by atoms with Gasteiger partial charge in [0.15, 0.2) is 0 Å². The Bertz CT molecular complexity index is 1160. The fourth-order valence-corrected chi connectivity index (χ4v) is 6.54. The highest BCUT2D eigenvalue weighted by Gasteiger charge is 2.54. The van der Waals surface area contributed by atoms with Gasteiger partial charge in [-0.05, 0) is 68.1 Å². The Morgan fingerprint density at radius 1 is 1.28 bits per heavy atom. The van der Waals surface area contributed by atoms with E-state index in [4.69, 9.17) is 5.73 Å². The van der Waals surface area contributed by atoms with Gasteiger partial charge < -0.3 is 21.1 Å². The van der Waals surface area contributed by atoms with Gasteiger partial charge in [-0.3, -0.25) is 4.79 Å². The number of halogens is 1. The molecule has 4 aliphatic rings. The number of amides is 1. The van der Waals surface area contributed by atoms with E-state index in [9.17, 15) is 14.3 Å². The van der Waals surface area contributed by atoms with E-state index < -0.39 is 11.5 Å². The van der Waals surface area contributed by atoms with E-state index in [0.29, 0.717) is 45.4 Å². The third-order valence-corrected chi connectivity index (χ3v) is 7.40. The number of carbonyl (C=O) groups is 1. The highest BCUT2D eigenvalue weighted by Crippen LogP contribution is 2.56. The number of nitrogens with two attached hydrogens (primary N) is 1. The summed E-state index contributed by atoms with van der Waals surface area (Å²) < 4.78 is 14.0. The number of fused-ring (bicyclic) bond motifs is 3. The van der Waals surface area contributed by atoms with Gasteiger partial charge in [0.2, 0.25) is 0 Å². The molecular weight excluding hydrogens is 371 g/mol. The number of carbonyl (C=O) groups excluding carboxylic acids is 1. The fraction of sp³-hybridized carbons (Fsp3) is 0.455. The summed E-state index contributed by atoms with van der Waals surface area (Å²) in [6.07, 6.45) is 6.32. The molecule has 7 rings (SSSR count). The van der Waals surface area contributed by atoms with Crippen molar-refractivity contribution in [2.75, 3.05) is 5.32 Å². The quantitative estimate of drug-likeness (QED) is 0.547. The number of hydrogen-bond donors (Lipinski definition) is 4. The molecular formula is C22H23FN4O2. The number of H-pyrrole nitrogens is 1. The maximum atomic E-state index is 14.0. The predicted molar refractivity (Wildman–Crippen MR) is 108 cm³/mol. The van der Waals surface area contributed by atoms with Crippen LogP contribution in [0.2, 0.25) is 0 Å². The molecule has 1 aromatic carbocycles. The van der Waals surface area contributed by atoms with Crippen LogP contribution in [0.1, 0.15) is 42.5 Å². The van der Waals surface area contributed by atoms with E-state index in [2.05, 4.69) is 15.3 Å². The Labute approximate surface area is 166 Å². The summed E-state index contributed by atoms with van der Waals surface area (Å²) in [5, 5.41) is 15.9. The normalized spacial score (nSPS) is 32.9. The number of aromatic nitrogens is 2. The fourth-order valence-electron chi connectivity index (χ4n) is 6.54. The summed E-state index contributed by atoms with van der Waals surface area (Å²) in [4.78, 5) is 19.7. The highest BCUT2D eigenvalue weighted by atomic mass is 19.1. The van der Waals surface area contributed by atoms with Crippen molar-refractivity contribution in [2.24, 2.45) is 23.5 Å². The predicted octanol–water partition coefficient (Wildman–Crippen LogP) is 3.31. The van der Waals surface area contributed by atoms with E-state index in [1.54, 1.807) is 6.07 Å². The van der Waals surface area contributed by atoms with Crippen LogP contribution in [0.4, 0.5) is 10.2 Å². The third kappa shape index (κ3) is 2.50. The van der Waals surface area contributed by atoms with Gasteiger partial charge in [0.1, 0.15) is 11.6 Å². The molecule has 0 radical (unpaired) electrons. The van der Waals surface area contributed by atoms with Crippen LogP contribution in [0.15, 0.2) is 24.4 Å². The first kappa shape index (κ1) is 17.2. The van der Waals surface area contributed by atoms with Crippen LogP contribution in [-0.4, -0.2) is 32.6 Å². The van der Waals surface area contributed by atoms with Crippen molar-refractivity contribution >= 4 is 33.5 Å². The SMILES string of the molecule is NC(=O)c1cnc(N[C@H]2[C@@H]3C[C@H]4C[C@H]2C[C@@](O)(C4)C3)c2c1[nH]c1ccc(F)cc12. The number of nitrogens with zero attached hydrogens (tertiary/aromatic N) is 1. The first-order valence-electron chi connectivity index (χ1n) is 10.3. The van der Waals surface area contributed by atoms with Crippen molar-refractivity contribution in [1.29, 1.82) is 0 Å². The number of nitrogens with one attached hydrogen (secondary N) is 2. The second kappa shape index (κ2) is 5.69. The zero-order valence-corrected chi connectivity index (χ0v) is 15.9. The number of benzene rings is 1. The Balaban J connectivity index is 1.48. The maximum absolute atomic E-state index is 14.0. The largest absolute Gasteiger partial charge is 0.390 e. The molecule has 29 heavy (non-hydrogen) atoms. The van der Waals surface area contributed by atoms with E-state index in [0.717, 1.165) is 37.6 Å². The van der Waals surface area contributed by atoms with Crippen LogP contribution in [0.25, 0.3) is 21.8 Å². The zero-order valence-electron chi connectivity index (χ0n) is 15.9. The average Bonchev–Trinajstić information content (AvgIpc) is 3.02. The molecule has 0 aliphatic heterocycles. The molecule has 4 aliphatic carbocycles. The van der Waals surface area contributed by atoms with Crippen LogP contribution in [0.5, 0.6) is 0 Å². The van der Waals surface area contributed by atoms with Gasteiger partial charge in [0, 0.05) is 23.1 Å². The van der Waals surface area contributed by atoms with E-state index >= 15 is 0 Å². The number of aliphatic hydroxyl groups is 1. The molecule has 6 nitrogen and oxygen atoms in total. The maximum Gasteiger partial charge on any atom is 0.252 e. The molecule has 0 spiro atoms. The highest BCUT2D eigenvalue weighted by molar-refractivity contribution is 6.18. The molecule has 2 heterocycles. The molecule has 5 atom stereocenters. The number of primary amides is 1. The minimum Gasteiger partial charge on any atom is -0.390 e. The first-order chi connectivity index (χ1) is 13.9. The van der Waals surface area contributed by atoms with Crippen molar-refractivity contribution in [3.8, 4) is 0 Å². The smallest absolute Gasteiger partial charge is 0.252 e. The van der Waals surface area contributed by atoms with Gasteiger partial charge in [0.05, 0.1) is 22.1 Å². The molecule has 2 aromatic heterocycles. The van der Waals surface area contributed by atoms with E-state index in [-0.39, 0.29) is 11.9 Å². The molecule has 4 fully saturated rings. The van der Waals surface area contributed by atoms with Gasteiger partial charge >= 0.3 is 0 Å². The lowest BCUT2D eigenvalue weighted by Gasteiger charge is -2.58. The van der Waals surface area contributed by atoms with Crippen molar-refractivity contribution in [3.63, 3.8) is 0 Å². The van der Waals surface area contributed by atoms with Crippen LogP contribution >= 0.6 is 0 Å². The van der Waals surface area contributed by atoms with Crippen LogP contribution in [0, 0.1) is 23.6 Å². The lowest BCUT2D eigenvalue weighted by Crippen LogP contribution is -2.59. The number of pyridine rings is 1. The number of aromatic amines is 1. The summed E-state index contributed by atoms with van der Waals surface area (Å²) in [6.45, 7) is 0. The molecule has 7 heteroatoms. The molecule has 5 N–H and O–H groups in total. The van der Waals surface area contributed by atoms with Crippen molar-refractivity contribution in [2.45, 2.75) is 43.7 Å². The monoisotopic (exact) mass is 394 g/mol. The standard InChI is InChI=1S/C22H23FN4O2/c23-13-1-2-16-14(5-13)17-19(26-16)15(20(24)28)9-25-21(17)27-18-11-3-10-4-12(18)8-22(29,6-10)7-11/h1-2,5,9-12,18,26,29H,3-4,6-8H2,(H2,24,28)(H,25,27)/t10-,11+,12-,18-,22+. The zero-order chi connectivity index (χ0) is 19.9. The minimum absolute atomic E-state index is 0.223. The molecule has 0 unspecified atom stereocenters. The van der Waals surface area contributed by atoms with Crippen LogP contribution in [0.3, 0.4) is 0 Å². The van der Waals surface area contributed by atoms with Gasteiger partial charge in [-0.1, -0.05) is 0 Å². The third-order valence-electron chi connectivity index (χ3n) is 7.40. The topological polar surface area (TPSA) is 104 Å². The first-order valence-corrected chi connectivity index (χ1v) is 10.3. The minimum atomic E-state index is -0.571. The Morgan fingerprint density at radius 3 is 2.72 bits per heavy atom. The van der Waals surface area contributed by atoms with Gasteiger partial charge in [-0.2, -0.15) is 0 Å². The Hall–Kier alpha value is -2.67. The van der Waals surface area contributed by atoms with Crippen LogP contribution in [-0.2, 0) is 0 Å². The lowest BCUT2D eigenvalue weighted by molar-refractivity contribution is -0.129. The van der Waals surface area contributed by atoms with Gasteiger partial charge in [0.25, 0.3) is 5.91 Å². The van der Waals surface area contributed by atoms with Crippen LogP contribution < -0.4 is 11.1 Å². The molecule has 4 saturated carbocycles. The van der Waals surface area contributed by atoms with Crippen molar-refractivity contribution in [1.82, 2.24) is 9.97 Å². The van der Waals surface area contributed by atoms with E-state index in [1.807, 2.05) is 0 Å². The molecule has 4 bridgehead atoms. The second-order valence-electron chi connectivity index (χ2n) is 9.31. The number of rotatable bonds is 3. The van der Waals surface area contributed by atoms with Crippen molar-refractivity contribution in [3.05, 3.63) is 35.8 Å². The second-order valence-corrected chi connectivity index (χ2v) is 9.31. The lowest BCUT2D eigenvalue weighted by atomic mass is 9.52. The summed E-state index contributed by atoms with van der Waals surface area (Å²) >= 11 is 0. The summed E-state index contributed by atoms with van der Waals surface area (Å²) in [6, 6.07) is 4.74. The van der Waals surface area contributed by atoms with E-state index in [1.165, 1.54) is 18.3 Å². The van der Waals surface area contributed by atoms with Gasteiger partial charge in [-0.25, -0.2) is 9.37 Å². The number of hydrogen-bond acceptors (Lipinski definition) is 4. The Kier molecular flexibility index (Phi) is 3.38. The molecule has 150 valence electrons.